The molecule has 0 radical (unpaired) electrons. The van der Waals surface area contributed by atoms with Gasteiger partial charge < -0.3 is 9.84 Å². The predicted octanol–water partition coefficient (Wildman–Crippen LogP) is 8.26. The molecule has 3 atom stereocenters. The summed E-state index contributed by atoms with van der Waals surface area (Å²) in [6.07, 6.45) is 3.87. The van der Waals surface area contributed by atoms with Crippen LogP contribution >= 0.6 is 0 Å². The van der Waals surface area contributed by atoms with Gasteiger partial charge in [0.1, 0.15) is 0 Å². The van der Waals surface area contributed by atoms with Gasteiger partial charge in [0, 0.05) is 24.7 Å². The molecule has 1 aliphatic carbocycles. The molecule has 4 nitrogen and oxygen atoms in total. The number of hydrogen-bond acceptors (Lipinski definition) is 3. The number of ether oxygens (including phenoxy) is 1. The number of rotatable bonds is 6. The number of hydrogen-bond donors (Lipinski definition) is 1. The number of nitrogens with zero attached hydrogens (tertiary/aromatic N) is 1. The van der Waals surface area contributed by atoms with Crippen molar-refractivity contribution in [3.8, 4) is 11.1 Å². The lowest BCUT2D eigenvalue weighted by Gasteiger charge is -2.35. The summed E-state index contributed by atoms with van der Waals surface area (Å²) >= 11 is 0. The standard InChI is InChI=1S/C35H43NO3/c1-22-15-17-26(18-16-22)31-23(2)29-20-36(28-14-10-13-27(19-28)25-11-8-7-9-12-25)21-30(29)24(3)32(31)33(34(37)38)39-35(4,5)6/h7-9,11-12,15-18,27-28,33H,10,13-14,19-21H2,1-6H3,(H,37,38). The zero-order valence-corrected chi connectivity index (χ0v) is 24.4. The molecule has 0 spiro atoms. The van der Waals surface area contributed by atoms with Crippen LogP contribution in [-0.2, 0) is 22.6 Å². The Morgan fingerprint density at radius 2 is 1.56 bits per heavy atom. The topological polar surface area (TPSA) is 49.8 Å². The summed E-state index contributed by atoms with van der Waals surface area (Å²) in [6.45, 7) is 14.0. The molecule has 0 bridgehead atoms. The lowest BCUT2D eigenvalue weighted by Crippen LogP contribution is -2.34. The van der Waals surface area contributed by atoms with Crippen molar-refractivity contribution in [3.05, 3.63) is 93.5 Å². The van der Waals surface area contributed by atoms with Crippen molar-refractivity contribution in [2.45, 2.75) is 104 Å². The van der Waals surface area contributed by atoms with Gasteiger partial charge in [0.15, 0.2) is 6.10 Å². The van der Waals surface area contributed by atoms with Gasteiger partial charge in [-0.1, -0.05) is 66.6 Å². The number of carboxylic acids is 1. The third kappa shape index (κ3) is 5.69. The first-order valence-corrected chi connectivity index (χ1v) is 14.4. The summed E-state index contributed by atoms with van der Waals surface area (Å²) in [4.78, 5) is 15.4. The largest absolute Gasteiger partial charge is 0.479 e. The summed E-state index contributed by atoms with van der Waals surface area (Å²) < 4.78 is 6.26. The summed E-state index contributed by atoms with van der Waals surface area (Å²) in [5.41, 5.74) is 9.87. The van der Waals surface area contributed by atoms with E-state index in [4.69, 9.17) is 4.74 Å². The minimum atomic E-state index is -1.03. The van der Waals surface area contributed by atoms with E-state index in [9.17, 15) is 9.90 Å². The van der Waals surface area contributed by atoms with Crippen molar-refractivity contribution in [1.82, 2.24) is 4.90 Å². The maximum absolute atomic E-state index is 12.7. The Morgan fingerprint density at radius 3 is 2.18 bits per heavy atom. The Balaban J connectivity index is 1.56. The molecule has 3 aromatic rings. The molecular formula is C35H43NO3. The van der Waals surface area contributed by atoms with E-state index in [1.807, 2.05) is 20.8 Å². The minimum absolute atomic E-state index is 0.530. The van der Waals surface area contributed by atoms with Crippen LogP contribution in [0.15, 0.2) is 54.6 Å². The first kappa shape index (κ1) is 27.6. The van der Waals surface area contributed by atoms with Gasteiger partial charge in [0.2, 0.25) is 0 Å². The van der Waals surface area contributed by atoms with Crippen molar-refractivity contribution in [2.24, 2.45) is 0 Å². The van der Waals surface area contributed by atoms with Crippen molar-refractivity contribution >= 4 is 5.97 Å². The van der Waals surface area contributed by atoms with Crippen LogP contribution in [0.5, 0.6) is 0 Å². The van der Waals surface area contributed by atoms with Gasteiger partial charge in [-0.15, -0.1) is 0 Å². The van der Waals surface area contributed by atoms with E-state index in [0.29, 0.717) is 12.0 Å². The maximum Gasteiger partial charge on any atom is 0.337 e. The van der Waals surface area contributed by atoms with Crippen LogP contribution in [0, 0.1) is 20.8 Å². The van der Waals surface area contributed by atoms with Crippen LogP contribution < -0.4 is 0 Å². The normalized spacial score (nSPS) is 20.6. The fourth-order valence-electron chi connectivity index (χ4n) is 6.83. The monoisotopic (exact) mass is 525 g/mol. The Kier molecular flexibility index (Phi) is 7.72. The number of benzene rings is 3. The highest BCUT2D eigenvalue weighted by atomic mass is 16.5. The van der Waals surface area contributed by atoms with Crippen LogP contribution in [0.1, 0.15) is 97.4 Å². The van der Waals surface area contributed by atoms with Crippen LogP contribution in [0.3, 0.4) is 0 Å². The summed E-state index contributed by atoms with van der Waals surface area (Å²) in [7, 11) is 0. The van der Waals surface area contributed by atoms with Crippen LogP contribution in [0.4, 0.5) is 0 Å². The minimum Gasteiger partial charge on any atom is -0.479 e. The van der Waals surface area contributed by atoms with E-state index in [2.05, 4.69) is 80.3 Å². The molecular weight excluding hydrogens is 482 g/mol. The smallest absolute Gasteiger partial charge is 0.337 e. The quantitative estimate of drug-likeness (QED) is 0.352. The van der Waals surface area contributed by atoms with Gasteiger partial charge in [-0.2, -0.15) is 0 Å². The molecule has 1 fully saturated rings. The molecule has 1 saturated carbocycles. The molecule has 1 heterocycles. The molecule has 5 rings (SSSR count). The summed E-state index contributed by atoms with van der Waals surface area (Å²) in [6, 6.07) is 20.0. The van der Waals surface area contributed by atoms with Crippen molar-refractivity contribution < 1.29 is 14.6 Å². The van der Waals surface area contributed by atoms with Gasteiger partial charge in [-0.3, -0.25) is 4.90 Å². The average Bonchev–Trinajstić information content (AvgIpc) is 3.37. The molecule has 3 unspecified atom stereocenters. The van der Waals surface area contributed by atoms with Crippen molar-refractivity contribution in [1.29, 1.82) is 0 Å². The van der Waals surface area contributed by atoms with Gasteiger partial charge in [-0.05, 0) is 106 Å². The molecule has 1 N–H and O–H groups in total. The molecule has 1 aliphatic heterocycles. The van der Waals surface area contributed by atoms with E-state index in [0.717, 1.165) is 35.3 Å². The Morgan fingerprint density at radius 1 is 0.923 bits per heavy atom. The molecule has 206 valence electrons. The molecule has 2 aliphatic rings. The Bertz CT molecular complexity index is 1340. The average molecular weight is 526 g/mol. The van der Waals surface area contributed by atoms with Crippen molar-refractivity contribution in [3.63, 3.8) is 0 Å². The van der Waals surface area contributed by atoms with Crippen LogP contribution in [0.25, 0.3) is 11.1 Å². The molecule has 3 aromatic carbocycles. The second kappa shape index (κ2) is 10.9. The molecule has 0 aromatic heterocycles. The van der Waals surface area contributed by atoms with E-state index < -0.39 is 17.7 Å². The number of aliphatic carboxylic acids is 1. The highest BCUT2D eigenvalue weighted by Crippen LogP contribution is 2.45. The van der Waals surface area contributed by atoms with E-state index in [1.165, 1.54) is 53.5 Å². The number of carboxylic acid groups (broad SMARTS) is 1. The Labute approximate surface area is 234 Å². The SMILES string of the molecule is Cc1ccc(-c2c(C)c3c(c(C)c2C(OC(C)(C)C)C(=O)O)CN(C2CCCC(c4ccccc4)C2)C3)cc1. The first-order valence-electron chi connectivity index (χ1n) is 14.4. The third-order valence-corrected chi connectivity index (χ3v) is 8.77. The number of fused-ring (bicyclic) bond motifs is 1. The van der Waals surface area contributed by atoms with E-state index in [1.54, 1.807) is 0 Å². The Hall–Kier alpha value is -2.95. The third-order valence-electron chi connectivity index (χ3n) is 8.77. The van der Waals surface area contributed by atoms with E-state index >= 15 is 0 Å². The second-order valence-electron chi connectivity index (χ2n) is 12.6. The molecule has 39 heavy (non-hydrogen) atoms. The number of aryl methyl sites for hydroxylation is 1. The molecule has 4 heteroatoms. The van der Waals surface area contributed by atoms with Gasteiger partial charge in [0.05, 0.1) is 5.60 Å². The van der Waals surface area contributed by atoms with E-state index in [-0.39, 0.29) is 0 Å². The fraction of sp³-hybridized carbons (Fsp3) is 0.457. The van der Waals surface area contributed by atoms with Crippen LogP contribution in [0.2, 0.25) is 0 Å². The van der Waals surface area contributed by atoms with Crippen molar-refractivity contribution in [2.75, 3.05) is 0 Å². The first-order chi connectivity index (χ1) is 18.5. The zero-order chi connectivity index (χ0) is 27.9. The fourth-order valence-corrected chi connectivity index (χ4v) is 6.83. The van der Waals surface area contributed by atoms with Gasteiger partial charge in [-0.25, -0.2) is 4.79 Å². The maximum atomic E-state index is 12.7. The predicted molar refractivity (Wildman–Crippen MR) is 158 cm³/mol. The summed E-state index contributed by atoms with van der Waals surface area (Å²) in [5, 5.41) is 10.4. The van der Waals surface area contributed by atoms with Gasteiger partial charge in [0.25, 0.3) is 0 Å². The summed E-state index contributed by atoms with van der Waals surface area (Å²) in [5.74, 6) is -0.334. The number of carbonyl (C=O) groups is 1. The van der Waals surface area contributed by atoms with Crippen LogP contribution in [-0.4, -0.2) is 27.6 Å². The highest BCUT2D eigenvalue weighted by molar-refractivity contribution is 5.84. The zero-order valence-electron chi connectivity index (χ0n) is 24.4. The highest BCUT2D eigenvalue weighted by Gasteiger charge is 2.37. The lowest BCUT2D eigenvalue weighted by molar-refractivity contribution is -0.160. The molecule has 0 amide bonds. The lowest BCUT2D eigenvalue weighted by atomic mass is 9.81. The second-order valence-corrected chi connectivity index (χ2v) is 12.6. The van der Waals surface area contributed by atoms with Gasteiger partial charge >= 0.3 is 5.97 Å². The molecule has 0 saturated heterocycles.